The molecule has 0 fully saturated rings. The fourth-order valence-corrected chi connectivity index (χ4v) is 0. The Hall–Kier alpha value is -0.0751. The number of rotatable bonds is 2. The molecule has 2 atom stereocenters. The van der Waals surface area contributed by atoms with E-state index in [0.717, 1.165) is 13.8 Å². The van der Waals surface area contributed by atoms with Gasteiger partial charge in [0, 0.05) is 0 Å². The average Bonchev–Trinajstić information content (AvgIpc) is 1.88. The Bertz CT molecular complexity index is 140. The van der Waals surface area contributed by atoms with Gasteiger partial charge >= 0.3 is 34.7 Å². The first-order valence-corrected chi connectivity index (χ1v) is 3.06. The van der Waals surface area contributed by atoms with Crippen molar-refractivity contribution in [3.05, 3.63) is 0 Å². The van der Waals surface area contributed by atoms with Gasteiger partial charge in [-0.15, -0.1) is 0 Å². The van der Waals surface area contributed by atoms with Gasteiger partial charge in [0.05, 0.1) is 24.1 Å². The summed E-state index contributed by atoms with van der Waals surface area (Å²) in [6, 6.07) is 0. The van der Waals surface area contributed by atoms with Gasteiger partial charge in [0.2, 0.25) is 0 Å². The van der Waals surface area contributed by atoms with E-state index in [0.29, 0.717) is 0 Å². The molecule has 0 heterocycles. The van der Waals surface area contributed by atoms with Crippen molar-refractivity contribution in [1.29, 1.82) is 0 Å². The van der Waals surface area contributed by atoms with Crippen molar-refractivity contribution in [2.45, 2.75) is 26.1 Å². The van der Waals surface area contributed by atoms with Crippen molar-refractivity contribution in [2.24, 2.45) is 0 Å². The molecule has 0 amide bonds. The molecular formula is C6H10Al2O6+4. The fourth-order valence-electron chi connectivity index (χ4n) is 0. The summed E-state index contributed by atoms with van der Waals surface area (Å²) in [6.45, 7) is 2.27. The van der Waals surface area contributed by atoms with Crippen LogP contribution in [0.25, 0.3) is 0 Å². The van der Waals surface area contributed by atoms with Gasteiger partial charge in [0.15, 0.2) is 0 Å². The third-order valence-corrected chi connectivity index (χ3v) is 0.682. The number of aliphatic hydroxyl groups excluding tert-OH is 2. The summed E-state index contributed by atoms with van der Waals surface area (Å²) < 4.78 is 0. The molecule has 72 valence electrons. The first kappa shape index (κ1) is 23.6. The van der Waals surface area contributed by atoms with E-state index in [-0.39, 0.29) is 34.7 Å². The zero-order chi connectivity index (χ0) is 10.3. The fraction of sp³-hybridized carbons (Fsp3) is 0.667. The second-order valence-electron chi connectivity index (χ2n) is 1.99. The summed E-state index contributed by atoms with van der Waals surface area (Å²) in [7, 11) is 0. The molecule has 8 heteroatoms. The molecule has 0 aliphatic carbocycles. The molecule has 0 radical (unpaired) electrons. The van der Waals surface area contributed by atoms with Crippen LogP contribution < -0.4 is 10.2 Å². The Labute approximate surface area is 103 Å². The number of aliphatic hydroxyl groups is 2. The predicted molar refractivity (Wildman–Crippen MR) is 44.9 cm³/mol. The van der Waals surface area contributed by atoms with Crippen LogP contribution in [-0.4, -0.2) is 69.1 Å². The van der Waals surface area contributed by atoms with Crippen molar-refractivity contribution in [3.63, 3.8) is 0 Å². The van der Waals surface area contributed by atoms with Gasteiger partial charge in [-0.05, 0) is 13.8 Å². The van der Waals surface area contributed by atoms with Crippen LogP contribution in [0.5, 0.6) is 0 Å². The molecule has 0 aliphatic heterocycles. The zero-order valence-corrected chi connectivity index (χ0v) is 10.1. The maximum atomic E-state index is 9.34. The quantitative estimate of drug-likeness (QED) is 0.462. The molecule has 0 saturated carbocycles. The maximum Gasteiger partial charge on any atom is 3.00 e. The van der Waals surface area contributed by atoms with Crippen LogP contribution in [0.3, 0.4) is 0 Å². The van der Waals surface area contributed by atoms with E-state index in [4.69, 9.17) is 10.2 Å². The van der Waals surface area contributed by atoms with Gasteiger partial charge in [-0.25, -0.2) is 0 Å². The van der Waals surface area contributed by atoms with E-state index >= 15 is 0 Å². The molecular weight excluding hydrogens is 222 g/mol. The van der Waals surface area contributed by atoms with Gasteiger partial charge in [0.25, 0.3) is 0 Å². The molecule has 0 aromatic rings. The second-order valence-corrected chi connectivity index (χ2v) is 1.99. The van der Waals surface area contributed by atoms with Crippen LogP contribution in [0, 0.1) is 0 Å². The minimum Gasteiger partial charge on any atom is -0.547 e. The van der Waals surface area contributed by atoms with Crippen LogP contribution >= 0.6 is 0 Å². The number of hydrogen-bond acceptors (Lipinski definition) is 6. The van der Waals surface area contributed by atoms with E-state index in [9.17, 15) is 19.8 Å². The summed E-state index contributed by atoms with van der Waals surface area (Å²) in [5.74, 6) is -2.87. The van der Waals surface area contributed by atoms with Crippen molar-refractivity contribution in [2.75, 3.05) is 0 Å². The van der Waals surface area contributed by atoms with Crippen LogP contribution in [0.1, 0.15) is 13.8 Å². The van der Waals surface area contributed by atoms with Crippen LogP contribution in [0.4, 0.5) is 0 Å². The number of carbonyl (C=O) groups excluding carboxylic acids is 2. The number of carboxylic acid groups (broad SMARTS) is 2. The average molecular weight is 232 g/mol. The van der Waals surface area contributed by atoms with E-state index in [2.05, 4.69) is 0 Å². The molecule has 14 heavy (non-hydrogen) atoms. The third-order valence-electron chi connectivity index (χ3n) is 0.682. The van der Waals surface area contributed by atoms with E-state index in [1.54, 1.807) is 0 Å². The van der Waals surface area contributed by atoms with Crippen LogP contribution in [0.2, 0.25) is 0 Å². The molecule has 2 unspecified atom stereocenters. The van der Waals surface area contributed by atoms with E-state index in [1.807, 2.05) is 0 Å². The standard InChI is InChI=1S/2C3H6O3.2Al/c2*1-2(4)3(5)6;;/h2*2,4H,1H3,(H,5,6);;/q;;2*+3/p-2. The number of aliphatic carboxylic acids is 2. The molecule has 0 saturated heterocycles. The van der Waals surface area contributed by atoms with Gasteiger partial charge in [-0.1, -0.05) is 0 Å². The summed E-state index contributed by atoms with van der Waals surface area (Å²) in [5.41, 5.74) is 0. The van der Waals surface area contributed by atoms with Crippen LogP contribution in [0.15, 0.2) is 0 Å². The van der Waals surface area contributed by atoms with Crippen molar-refractivity contribution in [3.8, 4) is 0 Å². The van der Waals surface area contributed by atoms with Gasteiger partial charge in [0.1, 0.15) is 0 Å². The minimum absolute atomic E-state index is 0. The summed E-state index contributed by atoms with van der Waals surface area (Å²) in [5, 5.41) is 34.6. The number of carbonyl (C=O) groups is 2. The SMILES string of the molecule is CC(O)C(=O)[O-].CC(O)C(=O)[O-].[Al+3].[Al+3]. The van der Waals surface area contributed by atoms with Gasteiger partial charge in [-0.2, -0.15) is 0 Å². The molecule has 0 aromatic heterocycles. The first-order valence-electron chi connectivity index (χ1n) is 3.06. The number of hydrogen-bond donors (Lipinski definition) is 2. The molecule has 0 aliphatic rings. The summed E-state index contributed by atoms with van der Waals surface area (Å²) in [6.07, 6.45) is -2.69. The molecule has 0 aromatic carbocycles. The van der Waals surface area contributed by atoms with Crippen LogP contribution in [-0.2, 0) is 9.59 Å². The molecule has 0 rings (SSSR count). The van der Waals surface area contributed by atoms with Gasteiger partial charge in [-0.3, -0.25) is 0 Å². The van der Waals surface area contributed by atoms with Crippen molar-refractivity contribution < 1.29 is 30.0 Å². The first-order chi connectivity index (χ1) is 5.29. The van der Waals surface area contributed by atoms with Crippen molar-refractivity contribution in [1.82, 2.24) is 0 Å². The van der Waals surface area contributed by atoms with E-state index in [1.165, 1.54) is 0 Å². The Morgan fingerprint density at radius 2 is 1.00 bits per heavy atom. The summed E-state index contributed by atoms with van der Waals surface area (Å²) >= 11 is 0. The predicted octanol–water partition coefficient (Wildman–Crippen LogP) is -4.53. The zero-order valence-electron chi connectivity index (χ0n) is 7.84. The van der Waals surface area contributed by atoms with Gasteiger partial charge < -0.3 is 30.0 Å². The topological polar surface area (TPSA) is 121 Å². The third kappa shape index (κ3) is 22.7. The Kier molecular flexibility index (Phi) is 21.8. The molecule has 6 nitrogen and oxygen atoms in total. The number of carboxylic acids is 2. The monoisotopic (exact) mass is 232 g/mol. The summed E-state index contributed by atoms with van der Waals surface area (Å²) in [4.78, 5) is 18.7. The van der Waals surface area contributed by atoms with Crippen molar-refractivity contribution >= 4 is 46.7 Å². The Morgan fingerprint density at radius 3 is 1.00 bits per heavy atom. The normalized spacial score (nSPS) is 11.7. The van der Waals surface area contributed by atoms with E-state index < -0.39 is 24.1 Å². The molecule has 2 N–H and O–H groups in total. The Morgan fingerprint density at radius 1 is 0.929 bits per heavy atom. The second kappa shape index (κ2) is 12.9. The maximum absolute atomic E-state index is 9.34. The largest absolute Gasteiger partial charge is 3.00 e. The molecule has 0 bridgehead atoms. The minimum atomic E-state index is -1.44. The smallest absolute Gasteiger partial charge is 0.547 e. The molecule has 0 spiro atoms. The Balaban J connectivity index is -0.0000000625.